The number of nitrogens with zero attached hydrogens (tertiary/aromatic N) is 2. The molecule has 1 aromatic rings. The van der Waals surface area contributed by atoms with E-state index in [0.29, 0.717) is 5.02 Å². The molecule has 0 bridgehead atoms. The molecule has 5 heteroatoms. The molecule has 0 saturated carbocycles. The third-order valence-corrected chi connectivity index (χ3v) is 4.35. The fourth-order valence-corrected chi connectivity index (χ4v) is 2.61. The predicted octanol–water partition coefficient (Wildman–Crippen LogP) is 2.96. The maximum Gasteiger partial charge on any atom is 0.123 e. The van der Waals surface area contributed by atoms with E-state index >= 15 is 0 Å². The minimum Gasteiger partial charge on any atom is -0.315 e. The van der Waals surface area contributed by atoms with Crippen LogP contribution in [-0.2, 0) is 0 Å². The van der Waals surface area contributed by atoms with E-state index in [1.54, 1.807) is 0 Å². The molecule has 18 heavy (non-hydrogen) atoms. The minimum atomic E-state index is -0.213. The fraction of sp³-hybridized carbons (Fsp3) is 0.462. The highest BCUT2D eigenvalue weighted by molar-refractivity contribution is 9.10. The Kier molecular flexibility index (Phi) is 5.02. The maximum atomic E-state index is 9.42. The third-order valence-electron chi connectivity index (χ3n) is 3.12. The predicted molar refractivity (Wildman–Crippen MR) is 76.6 cm³/mol. The summed E-state index contributed by atoms with van der Waals surface area (Å²) in [5.74, 6) is 0. The minimum absolute atomic E-state index is 0.213. The quantitative estimate of drug-likeness (QED) is 0.907. The Morgan fingerprint density at radius 2 is 2.22 bits per heavy atom. The van der Waals surface area contributed by atoms with Crippen LogP contribution in [0.2, 0.25) is 5.02 Å². The van der Waals surface area contributed by atoms with Gasteiger partial charge < -0.3 is 5.32 Å². The van der Waals surface area contributed by atoms with Crippen LogP contribution < -0.4 is 5.32 Å². The number of hydrogen-bond donors (Lipinski definition) is 1. The topological polar surface area (TPSA) is 39.1 Å². The molecular formula is C13H15BrClN3. The first-order valence-electron chi connectivity index (χ1n) is 6.01. The van der Waals surface area contributed by atoms with Gasteiger partial charge in [0.15, 0.2) is 0 Å². The van der Waals surface area contributed by atoms with E-state index in [1.807, 2.05) is 18.2 Å². The normalized spacial score (nSPS) is 18.9. The maximum absolute atomic E-state index is 9.42. The standard InChI is InChI=1S/C13H15BrClN3/c14-11-3-2-10(8-12(11)15)13(9-16)18-6-1-4-17-5-7-18/h2-3,8,13,17H,1,4-7H2. The first kappa shape index (κ1) is 13.8. The molecule has 0 aromatic heterocycles. The van der Waals surface area contributed by atoms with Gasteiger partial charge in [-0.15, -0.1) is 0 Å². The summed E-state index contributed by atoms with van der Waals surface area (Å²) < 4.78 is 0.863. The first-order valence-corrected chi connectivity index (χ1v) is 7.19. The highest BCUT2D eigenvalue weighted by Crippen LogP contribution is 2.28. The summed E-state index contributed by atoms with van der Waals surface area (Å²) in [6.45, 7) is 3.79. The SMILES string of the molecule is N#CC(c1ccc(Br)c(Cl)c1)N1CCCNCC1. The van der Waals surface area contributed by atoms with E-state index in [4.69, 9.17) is 11.6 Å². The van der Waals surface area contributed by atoms with Crippen LogP contribution in [0.25, 0.3) is 0 Å². The van der Waals surface area contributed by atoms with Crippen molar-refractivity contribution in [2.45, 2.75) is 12.5 Å². The molecule has 2 rings (SSSR count). The number of benzene rings is 1. The highest BCUT2D eigenvalue weighted by atomic mass is 79.9. The number of halogens is 2. The highest BCUT2D eigenvalue weighted by Gasteiger charge is 2.21. The molecule has 0 amide bonds. The molecule has 0 radical (unpaired) electrons. The van der Waals surface area contributed by atoms with Crippen LogP contribution in [0.15, 0.2) is 22.7 Å². The van der Waals surface area contributed by atoms with Gasteiger partial charge in [-0.3, -0.25) is 4.90 Å². The molecule has 1 fully saturated rings. The van der Waals surface area contributed by atoms with Crippen LogP contribution in [0.1, 0.15) is 18.0 Å². The fourth-order valence-electron chi connectivity index (χ4n) is 2.17. The van der Waals surface area contributed by atoms with Gasteiger partial charge >= 0.3 is 0 Å². The van der Waals surface area contributed by atoms with E-state index in [2.05, 4.69) is 32.2 Å². The molecule has 1 aromatic carbocycles. The number of nitriles is 1. The van der Waals surface area contributed by atoms with Crippen molar-refractivity contribution in [1.82, 2.24) is 10.2 Å². The molecule has 0 spiro atoms. The number of hydrogen-bond acceptors (Lipinski definition) is 3. The van der Waals surface area contributed by atoms with Crippen LogP contribution in [0.4, 0.5) is 0 Å². The summed E-state index contributed by atoms with van der Waals surface area (Å²) in [5.41, 5.74) is 0.965. The van der Waals surface area contributed by atoms with Crippen LogP contribution in [0, 0.1) is 11.3 Å². The second kappa shape index (κ2) is 6.53. The molecule has 1 saturated heterocycles. The van der Waals surface area contributed by atoms with Gasteiger partial charge in [0, 0.05) is 24.1 Å². The van der Waals surface area contributed by atoms with Crippen molar-refractivity contribution < 1.29 is 0 Å². The summed E-state index contributed by atoms with van der Waals surface area (Å²) in [6, 6.07) is 7.91. The second-order valence-corrected chi connectivity index (χ2v) is 5.61. The Balaban J connectivity index is 2.21. The lowest BCUT2D eigenvalue weighted by atomic mass is 10.1. The molecular weight excluding hydrogens is 314 g/mol. The molecule has 0 aliphatic carbocycles. The lowest BCUT2D eigenvalue weighted by Gasteiger charge is -2.25. The molecule has 96 valence electrons. The van der Waals surface area contributed by atoms with E-state index in [1.165, 1.54) is 0 Å². The average molecular weight is 329 g/mol. The van der Waals surface area contributed by atoms with Crippen molar-refractivity contribution in [3.05, 3.63) is 33.3 Å². The van der Waals surface area contributed by atoms with Gasteiger partial charge in [-0.25, -0.2) is 0 Å². The van der Waals surface area contributed by atoms with Gasteiger partial charge in [-0.1, -0.05) is 17.7 Å². The zero-order chi connectivity index (χ0) is 13.0. The lowest BCUT2D eigenvalue weighted by Crippen LogP contribution is -2.31. The Morgan fingerprint density at radius 1 is 1.39 bits per heavy atom. The number of rotatable bonds is 2. The smallest absolute Gasteiger partial charge is 0.123 e. The van der Waals surface area contributed by atoms with Gasteiger partial charge in [0.1, 0.15) is 6.04 Å². The van der Waals surface area contributed by atoms with Gasteiger partial charge in [0.2, 0.25) is 0 Å². The molecule has 3 nitrogen and oxygen atoms in total. The second-order valence-electron chi connectivity index (χ2n) is 4.34. The lowest BCUT2D eigenvalue weighted by molar-refractivity contribution is 0.252. The Hall–Kier alpha value is -0.600. The summed E-state index contributed by atoms with van der Waals surface area (Å²) in [7, 11) is 0. The van der Waals surface area contributed by atoms with E-state index in [9.17, 15) is 5.26 Å². The third kappa shape index (κ3) is 3.24. The first-order chi connectivity index (χ1) is 8.72. The van der Waals surface area contributed by atoms with E-state index in [-0.39, 0.29) is 6.04 Å². The van der Waals surface area contributed by atoms with Crippen molar-refractivity contribution in [2.75, 3.05) is 26.2 Å². The van der Waals surface area contributed by atoms with Gasteiger partial charge in [-0.2, -0.15) is 5.26 Å². The summed E-state index contributed by atoms with van der Waals surface area (Å²) >= 11 is 9.47. The van der Waals surface area contributed by atoms with Crippen molar-refractivity contribution in [2.24, 2.45) is 0 Å². The van der Waals surface area contributed by atoms with Gasteiger partial charge in [0.05, 0.1) is 11.1 Å². The van der Waals surface area contributed by atoms with Gasteiger partial charge in [0.25, 0.3) is 0 Å². The Labute approximate surface area is 121 Å². The largest absolute Gasteiger partial charge is 0.315 e. The monoisotopic (exact) mass is 327 g/mol. The van der Waals surface area contributed by atoms with Gasteiger partial charge in [-0.05, 0) is 46.6 Å². The summed E-state index contributed by atoms with van der Waals surface area (Å²) in [4.78, 5) is 2.21. The Bertz CT molecular complexity index is 450. The van der Waals surface area contributed by atoms with Crippen molar-refractivity contribution in [3.63, 3.8) is 0 Å². The molecule has 1 unspecified atom stereocenters. The molecule has 1 N–H and O–H groups in total. The van der Waals surface area contributed by atoms with Crippen LogP contribution in [0.3, 0.4) is 0 Å². The summed E-state index contributed by atoms with van der Waals surface area (Å²) in [6.07, 6.45) is 1.07. The molecule has 1 aliphatic heterocycles. The van der Waals surface area contributed by atoms with Crippen LogP contribution in [-0.4, -0.2) is 31.1 Å². The van der Waals surface area contributed by atoms with E-state index < -0.39 is 0 Å². The molecule has 1 heterocycles. The van der Waals surface area contributed by atoms with Crippen molar-refractivity contribution in [3.8, 4) is 6.07 Å². The Morgan fingerprint density at radius 3 is 2.94 bits per heavy atom. The zero-order valence-electron chi connectivity index (χ0n) is 10.00. The van der Waals surface area contributed by atoms with Crippen molar-refractivity contribution >= 4 is 27.5 Å². The van der Waals surface area contributed by atoms with Crippen molar-refractivity contribution in [1.29, 1.82) is 5.26 Å². The van der Waals surface area contributed by atoms with Crippen LogP contribution in [0.5, 0.6) is 0 Å². The summed E-state index contributed by atoms with van der Waals surface area (Å²) in [5, 5.41) is 13.4. The van der Waals surface area contributed by atoms with E-state index in [0.717, 1.165) is 42.6 Å². The molecule has 1 aliphatic rings. The zero-order valence-corrected chi connectivity index (χ0v) is 12.3. The number of nitrogens with one attached hydrogen (secondary N) is 1. The van der Waals surface area contributed by atoms with Crippen LogP contribution >= 0.6 is 27.5 Å². The molecule has 1 atom stereocenters. The average Bonchev–Trinajstić information content (AvgIpc) is 2.64.